The van der Waals surface area contributed by atoms with Gasteiger partial charge in [0.2, 0.25) is 15.9 Å². The molecular formula is C18H21ClN2O3S2. The maximum atomic E-state index is 12.2. The fourth-order valence-electron chi connectivity index (χ4n) is 3.33. The summed E-state index contributed by atoms with van der Waals surface area (Å²) >= 11 is 7.48. The van der Waals surface area contributed by atoms with Gasteiger partial charge in [-0.25, -0.2) is 13.1 Å². The van der Waals surface area contributed by atoms with Crippen molar-refractivity contribution < 1.29 is 13.2 Å². The number of thiophene rings is 1. The third kappa shape index (κ3) is 4.46. The van der Waals surface area contributed by atoms with Crippen molar-refractivity contribution >= 4 is 38.9 Å². The van der Waals surface area contributed by atoms with Gasteiger partial charge in [-0.15, -0.1) is 11.3 Å². The van der Waals surface area contributed by atoms with Crippen molar-refractivity contribution in [1.82, 2.24) is 10.0 Å². The number of amides is 1. The van der Waals surface area contributed by atoms with Crippen LogP contribution < -0.4 is 10.0 Å². The number of carbonyl (C=O) groups is 1. The second-order valence-corrected chi connectivity index (χ2v) is 9.67. The molecule has 1 fully saturated rings. The summed E-state index contributed by atoms with van der Waals surface area (Å²) < 4.78 is 26.8. The Balaban J connectivity index is 1.56. The fraction of sp³-hybridized carbons (Fsp3) is 0.389. The summed E-state index contributed by atoms with van der Waals surface area (Å²) in [5, 5.41) is 5.42. The minimum Gasteiger partial charge on any atom is -0.354 e. The van der Waals surface area contributed by atoms with Gasteiger partial charge in [-0.3, -0.25) is 4.79 Å². The van der Waals surface area contributed by atoms with Gasteiger partial charge < -0.3 is 5.32 Å². The van der Waals surface area contributed by atoms with E-state index in [1.807, 2.05) is 6.07 Å². The SMILES string of the molecule is O=C(CNS(=O)(=O)c1ccc(Cl)cc1)NCC1(c2cccs2)CCCC1. The molecule has 0 saturated heterocycles. The Labute approximate surface area is 162 Å². The van der Waals surface area contributed by atoms with Crippen molar-refractivity contribution in [3.05, 3.63) is 51.7 Å². The number of carbonyl (C=O) groups excluding carboxylic acids is 1. The van der Waals surface area contributed by atoms with Crippen molar-refractivity contribution in [2.75, 3.05) is 13.1 Å². The molecule has 140 valence electrons. The lowest BCUT2D eigenvalue weighted by atomic mass is 9.84. The normalized spacial score (nSPS) is 16.5. The van der Waals surface area contributed by atoms with Gasteiger partial charge in [0, 0.05) is 21.9 Å². The Hall–Kier alpha value is -1.41. The first kappa shape index (κ1) is 19.4. The molecule has 0 aliphatic heterocycles. The van der Waals surface area contributed by atoms with Gasteiger partial charge in [0.05, 0.1) is 11.4 Å². The Morgan fingerprint density at radius 3 is 2.46 bits per heavy atom. The summed E-state index contributed by atoms with van der Waals surface area (Å²) in [6.07, 6.45) is 4.39. The Kier molecular flexibility index (Phi) is 6.02. The molecule has 8 heteroatoms. The Bertz CT molecular complexity index is 843. The van der Waals surface area contributed by atoms with Crippen LogP contribution >= 0.6 is 22.9 Å². The third-order valence-corrected chi connectivity index (χ3v) is 7.56. The number of hydrogen-bond donors (Lipinski definition) is 2. The van der Waals surface area contributed by atoms with Crippen LogP contribution in [0.4, 0.5) is 0 Å². The smallest absolute Gasteiger partial charge is 0.241 e. The van der Waals surface area contributed by atoms with Crippen LogP contribution in [0.5, 0.6) is 0 Å². The van der Waals surface area contributed by atoms with E-state index in [1.165, 1.54) is 29.1 Å². The van der Waals surface area contributed by atoms with E-state index >= 15 is 0 Å². The van der Waals surface area contributed by atoms with Gasteiger partial charge in [-0.1, -0.05) is 30.5 Å². The molecule has 1 heterocycles. The molecule has 0 radical (unpaired) electrons. The summed E-state index contributed by atoms with van der Waals surface area (Å²) in [7, 11) is -3.74. The molecule has 1 amide bonds. The first-order chi connectivity index (χ1) is 12.4. The molecule has 1 aliphatic rings. The van der Waals surface area contributed by atoms with Gasteiger partial charge in [0.1, 0.15) is 0 Å². The minimum absolute atomic E-state index is 0.0150. The Morgan fingerprint density at radius 2 is 1.85 bits per heavy atom. The van der Waals surface area contributed by atoms with Gasteiger partial charge >= 0.3 is 0 Å². The van der Waals surface area contributed by atoms with E-state index < -0.39 is 10.0 Å². The largest absolute Gasteiger partial charge is 0.354 e. The van der Waals surface area contributed by atoms with E-state index in [1.54, 1.807) is 11.3 Å². The van der Waals surface area contributed by atoms with Crippen molar-refractivity contribution in [2.45, 2.75) is 36.0 Å². The molecule has 2 aromatic rings. The zero-order chi connectivity index (χ0) is 18.6. The minimum atomic E-state index is -3.74. The van der Waals surface area contributed by atoms with E-state index in [0.29, 0.717) is 11.6 Å². The van der Waals surface area contributed by atoms with Crippen LogP contribution in [0.3, 0.4) is 0 Å². The summed E-state index contributed by atoms with van der Waals surface area (Å²) in [5.74, 6) is -0.328. The van der Waals surface area contributed by atoms with Crippen LogP contribution in [0.25, 0.3) is 0 Å². The van der Waals surface area contributed by atoms with E-state index in [9.17, 15) is 13.2 Å². The van der Waals surface area contributed by atoms with Crippen molar-refractivity contribution in [2.24, 2.45) is 0 Å². The van der Waals surface area contributed by atoms with Crippen LogP contribution in [0, 0.1) is 0 Å². The predicted molar refractivity (Wildman–Crippen MR) is 104 cm³/mol. The molecule has 26 heavy (non-hydrogen) atoms. The van der Waals surface area contributed by atoms with Crippen LogP contribution in [0.15, 0.2) is 46.7 Å². The molecule has 2 N–H and O–H groups in total. The average Bonchev–Trinajstić information content (AvgIpc) is 3.31. The van der Waals surface area contributed by atoms with Gasteiger partial charge in [0.15, 0.2) is 0 Å². The molecule has 0 unspecified atom stereocenters. The van der Waals surface area contributed by atoms with E-state index in [4.69, 9.17) is 11.6 Å². The molecule has 1 saturated carbocycles. The molecule has 0 spiro atoms. The summed E-state index contributed by atoms with van der Waals surface area (Å²) in [4.78, 5) is 13.6. The first-order valence-corrected chi connectivity index (χ1v) is 11.2. The second-order valence-electron chi connectivity index (χ2n) is 6.52. The number of rotatable bonds is 7. The fourth-order valence-corrected chi connectivity index (χ4v) is 5.43. The lowest BCUT2D eigenvalue weighted by molar-refractivity contribution is -0.120. The average molecular weight is 413 g/mol. The third-order valence-electron chi connectivity index (χ3n) is 4.78. The molecule has 5 nitrogen and oxygen atoms in total. The van der Waals surface area contributed by atoms with Gasteiger partial charge in [0.25, 0.3) is 0 Å². The van der Waals surface area contributed by atoms with E-state index in [-0.39, 0.29) is 22.8 Å². The Morgan fingerprint density at radius 1 is 1.15 bits per heavy atom. The van der Waals surface area contributed by atoms with Crippen LogP contribution in [0.2, 0.25) is 5.02 Å². The first-order valence-electron chi connectivity index (χ1n) is 8.47. The number of benzene rings is 1. The predicted octanol–water partition coefficient (Wildman–Crippen LogP) is 3.31. The summed E-state index contributed by atoms with van der Waals surface area (Å²) in [6.45, 7) is 0.250. The maximum Gasteiger partial charge on any atom is 0.241 e. The quantitative estimate of drug-likeness (QED) is 0.732. The topological polar surface area (TPSA) is 75.3 Å². The van der Waals surface area contributed by atoms with Crippen molar-refractivity contribution in [1.29, 1.82) is 0 Å². The summed E-state index contributed by atoms with van der Waals surface area (Å²) in [6, 6.07) is 9.97. The van der Waals surface area contributed by atoms with Gasteiger partial charge in [-0.05, 0) is 48.6 Å². The van der Waals surface area contributed by atoms with Crippen LogP contribution in [-0.4, -0.2) is 27.4 Å². The number of halogens is 1. The molecule has 0 atom stereocenters. The summed E-state index contributed by atoms with van der Waals surface area (Å²) in [5.41, 5.74) is -0.0150. The highest BCUT2D eigenvalue weighted by Crippen LogP contribution is 2.42. The van der Waals surface area contributed by atoms with Crippen LogP contribution in [-0.2, 0) is 20.2 Å². The highest BCUT2D eigenvalue weighted by molar-refractivity contribution is 7.89. The van der Waals surface area contributed by atoms with Gasteiger partial charge in [-0.2, -0.15) is 0 Å². The molecular weight excluding hydrogens is 392 g/mol. The zero-order valence-electron chi connectivity index (χ0n) is 14.2. The number of nitrogens with one attached hydrogen (secondary N) is 2. The lowest BCUT2D eigenvalue weighted by Crippen LogP contribution is -2.43. The van der Waals surface area contributed by atoms with Crippen molar-refractivity contribution in [3.63, 3.8) is 0 Å². The molecule has 1 aromatic heterocycles. The lowest BCUT2D eigenvalue weighted by Gasteiger charge is -2.28. The highest BCUT2D eigenvalue weighted by Gasteiger charge is 2.36. The monoisotopic (exact) mass is 412 g/mol. The van der Waals surface area contributed by atoms with Crippen molar-refractivity contribution in [3.8, 4) is 0 Å². The van der Waals surface area contributed by atoms with Crippen LogP contribution in [0.1, 0.15) is 30.6 Å². The number of sulfonamides is 1. The molecule has 1 aromatic carbocycles. The molecule has 0 bridgehead atoms. The standard InChI is InChI=1S/C18H21ClN2O3S2/c19-14-5-7-15(8-6-14)26(23,24)21-12-17(22)20-13-18(9-1-2-10-18)16-4-3-11-25-16/h3-8,11,21H,1-2,9-10,12-13H2,(H,20,22). The molecule has 3 rings (SSSR count). The number of hydrogen-bond acceptors (Lipinski definition) is 4. The highest BCUT2D eigenvalue weighted by atomic mass is 35.5. The van der Waals surface area contributed by atoms with E-state index in [0.717, 1.165) is 25.7 Å². The second kappa shape index (κ2) is 8.08. The zero-order valence-corrected chi connectivity index (χ0v) is 16.6. The maximum absolute atomic E-state index is 12.2. The molecule has 1 aliphatic carbocycles. The van der Waals surface area contributed by atoms with E-state index in [2.05, 4.69) is 21.5 Å².